The van der Waals surface area contributed by atoms with Crippen LogP contribution in [0.25, 0.3) is 0 Å². The molecular weight excluding hydrogens is 226 g/mol. The highest BCUT2D eigenvalue weighted by atomic mass is 16.3. The van der Waals surface area contributed by atoms with Crippen molar-refractivity contribution >= 4 is 5.91 Å². The van der Waals surface area contributed by atoms with Gasteiger partial charge in [-0.05, 0) is 45.2 Å². The molecule has 1 aromatic carbocycles. The van der Waals surface area contributed by atoms with Gasteiger partial charge in [-0.1, -0.05) is 18.6 Å². The molecule has 1 amide bonds. The Morgan fingerprint density at radius 2 is 2.17 bits per heavy atom. The summed E-state index contributed by atoms with van der Waals surface area (Å²) in [5, 5.41) is 9.86. The summed E-state index contributed by atoms with van der Waals surface area (Å²) in [6.45, 7) is 6.13. The third kappa shape index (κ3) is 2.22. The summed E-state index contributed by atoms with van der Waals surface area (Å²) in [7, 11) is 0. The molecule has 18 heavy (non-hydrogen) atoms. The van der Waals surface area contributed by atoms with Gasteiger partial charge in [-0.25, -0.2) is 0 Å². The molecule has 0 radical (unpaired) electrons. The number of benzene rings is 1. The molecule has 1 aliphatic rings. The summed E-state index contributed by atoms with van der Waals surface area (Å²) in [5.41, 5.74) is 1.43. The topological polar surface area (TPSA) is 40.5 Å². The summed E-state index contributed by atoms with van der Waals surface area (Å²) in [6.07, 6.45) is 3.09. The van der Waals surface area contributed by atoms with Gasteiger partial charge in [0.1, 0.15) is 5.75 Å². The minimum Gasteiger partial charge on any atom is -0.507 e. The van der Waals surface area contributed by atoms with Crippen LogP contribution in [0.15, 0.2) is 18.2 Å². The molecule has 0 spiro atoms. The summed E-state index contributed by atoms with van der Waals surface area (Å²) < 4.78 is 0. The number of hydrogen-bond acceptors (Lipinski definition) is 2. The van der Waals surface area contributed by atoms with Gasteiger partial charge in [0.05, 0.1) is 5.56 Å². The molecular formula is C15H21NO2. The number of likely N-dealkylation sites (tertiary alicyclic amines) is 1. The summed E-state index contributed by atoms with van der Waals surface area (Å²) in [4.78, 5) is 14.5. The second-order valence-corrected chi connectivity index (χ2v) is 5.22. The Bertz CT molecular complexity index is 456. The fourth-order valence-electron chi connectivity index (χ4n) is 2.80. The number of carbonyl (C=O) groups excluding carboxylic acids is 1. The summed E-state index contributed by atoms with van der Waals surface area (Å²) in [6, 6.07) is 5.77. The van der Waals surface area contributed by atoms with Crippen LogP contribution < -0.4 is 0 Å². The van der Waals surface area contributed by atoms with Crippen LogP contribution in [-0.4, -0.2) is 28.0 Å². The Morgan fingerprint density at radius 3 is 2.83 bits per heavy atom. The molecule has 1 fully saturated rings. The molecule has 3 heteroatoms. The van der Waals surface area contributed by atoms with Gasteiger partial charge in [-0.3, -0.25) is 4.79 Å². The van der Waals surface area contributed by atoms with E-state index in [1.54, 1.807) is 12.1 Å². The zero-order chi connectivity index (χ0) is 13.3. The first-order chi connectivity index (χ1) is 8.54. The Balaban J connectivity index is 2.32. The third-order valence-electron chi connectivity index (χ3n) is 3.87. The quantitative estimate of drug-likeness (QED) is 0.872. The van der Waals surface area contributed by atoms with Gasteiger partial charge in [-0.15, -0.1) is 0 Å². The zero-order valence-corrected chi connectivity index (χ0v) is 11.3. The Kier molecular flexibility index (Phi) is 3.60. The standard InChI is InChI=1S/C15H21NO2/c1-4-12-7-6-11(3)16(12)15(18)13-9-10(2)5-8-14(13)17/h5,8-9,11-12,17H,4,6-7H2,1-3H3. The average molecular weight is 247 g/mol. The van der Waals surface area contributed by atoms with E-state index in [0.717, 1.165) is 24.8 Å². The van der Waals surface area contributed by atoms with Crippen LogP contribution in [0.4, 0.5) is 0 Å². The number of aromatic hydroxyl groups is 1. The monoisotopic (exact) mass is 247 g/mol. The van der Waals surface area contributed by atoms with Crippen LogP contribution in [0.5, 0.6) is 5.75 Å². The Hall–Kier alpha value is -1.51. The predicted octanol–water partition coefficient (Wildman–Crippen LogP) is 3.10. The number of hydrogen-bond donors (Lipinski definition) is 1. The van der Waals surface area contributed by atoms with Crippen molar-refractivity contribution in [3.63, 3.8) is 0 Å². The number of amides is 1. The fourth-order valence-corrected chi connectivity index (χ4v) is 2.80. The smallest absolute Gasteiger partial charge is 0.258 e. The maximum Gasteiger partial charge on any atom is 0.258 e. The van der Waals surface area contributed by atoms with Gasteiger partial charge in [0, 0.05) is 12.1 Å². The van der Waals surface area contributed by atoms with Gasteiger partial charge in [0.15, 0.2) is 0 Å². The molecule has 2 unspecified atom stereocenters. The molecule has 2 rings (SSSR count). The van der Waals surface area contributed by atoms with E-state index in [1.807, 2.05) is 17.9 Å². The van der Waals surface area contributed by atoms with Gasteiger partial charge in [-0.2, -0.15) is 0 Å². The molecule has 1 N–H and O–H groups in total. The number of rotatable bonds is 2. The molecule has 98 valence electrons. The predicted molar refractivity (Wildman–Crippen MR) is 71.8 cm³/mol. The van der Waals surface area contributed by atoms with E-state index in [4.69, 9.17) is 0 Å². The number of phenols is 1. The Labute approximate surface area is 108 Å². The molecule has 1 aromatic rings. The first-order valence-electron chi connectivity index (χ1n) is 6.66. The van der Waals surface area contributed by atoms with Crippen molar-refractivity contribution in [2.75, 3.05) is 0 Å². The maximum absolute atomic E-state index is 12.6. The van der Waals surface area contributed by atoms with Crippen molar-refractivity contribution in [2.45, 2.75) is 52.1 Å². The first-order valence-corrected chi connectivity index (χ1v) is 6.66. The molecule has 2 atom stereocenters. The molecule has 1 saturated heterocycles. The number of aryl methyl sites for hydroxylation is 1. The van der Waals surface area contributed by atoms with Gasteiger partial charge in [0.2, 0.25) is 0 Å². The van der Waals surface area contributed by atoms with Gasteiger partial charge >= 0.3 is 0 Å². The minimum atomic E-state index is -0.0342. The van der Waals surface area contributed by atoms with Crippen LogP contribution in [0.2, 0.25) is 0 Å². The van der Waals surface area contributed by atoms with Crippen LogP contribution in [0.1, 0.15) is 49.0 Å². The molecule has 1 aliphatic heterocycles. The minimum absolute atomic E-state index is 0.0342. The highest BCUT2D eigenvalue weighted by Gasteiger charge is 2.34. The van der Waals surface area contributed by atoms with Crippen molar-refractivity contribution in [3.8, 4) is 5.75 Å². The first kappa shape index (κ1) is 12.9. The van der Waals surface area contributed by atoms with Crippen LogP contribution >= 0.6 is 0 Å². The lowest BCUT2D eigenvalue weighted by Gasteiger charge is -2.28. The van der Waals surface area contributed by atoms with Crippen molar-refractivity contribution in [2.24, 2.45) is 0 Å². The molecule has 0 bridgehead atoms. The lowest BCUT2D eigenvalue weighted by atomic mass is 10.1. The molecule has 0 aromatic heterocycles. The molecule has 1 heterocycles. The normalized spacial score (nSPS) is 23.4. The van der Waals surface area contributed by atoms with E-state index < -0.39 is 0 Å². The van der Waals surface area contributed by atoms with Crippen LogP contribution in [0, 0.1) is 6.92 Å². The second-order valence-electron chi connectivity index (χ2n) is 5.22. The second kappa shape index (κ2) is 5.01. The average Bonchev–Trinajstić information content (AvgIpc) is 2.72. The van der Waals surface area contributed by atoms with E-state index in [0.29, 0.717) is 11.6 Å². The van der Waals surface area contributed by atoms with Crippen molar-refractivity contribution in [3.05, 3.63) is 29.3 Å². The van der Waals surface area contributed by atoms with E-state index in [1.165, 1.54) is 0 Å². The van der Waals surface area contributed by atoms with Gasteiger partial charge in [0.25, 0.3) is 5.91 Å². The number of phenolic OH excluding ortho intramolecular Hbond substituents is 1. The molecule has 0 saturated carbocycles. The van der Waals surface area contributed by atoms with E-state index in [-0.39, 0.29) is 17.7 Å². The summed E-state index contributed by atoms with van der Waals surface area (Å²) >= 11 is 0. The zero-order valence-electron chi connectivity index (χ0n) is 11.3. The number of nitrogens with zero attached hydrogens (tertiary/aromatic N) is 1. The van der Waals surface area contributed by atoms with E-state index in [9.17, 15) is 9.90 Å². The largest absolute Gasteiger partial charge is 0.507 e. The Morgan fingerprint density at radius 1 is 1.44 bits per heavy atom. The highest BCUT2D eigenvalue weighted by molar-refractivity contribution is 5.97. The lowest BCUT2D eigenvalue weighted by molar-refractivity contribution is 0.0673. The van der Waals surface area contributed by atoms with E-state index in [2.05, 4.69) is 13.8 Å². The molecule has 0 aliphatic carbocycles. The summed E-state index contributed by atoms with van der Waals surface area (Å²) in [5.74, 6) is 0.0487. The van der Waals surface area contributed by atoms with Gasteiger partial charge < -0.3 is 10.0 Å². The fraction of sp³-hybridized carbons (Fsp3) is 0.533. The van der Waals surface area contributed by atoms with Crippen LogP contribution in [-0.2, 0) is 0 Å². The lowest BCUT2D eigenvalue weighted by Crippen LogP contribution is -2.39. The third-order valence-corrected chi connectivity index (χ3v) is 3.87. The number of carbonyl (C=O) groups is 1. The van der Waals surface area contributed by atoms with Crippen molar-refractivity contribution in [1.82, 2.24) is 4.90 Å². The molecule has 3 nitrogen and oxygen atoms in total. The highest BCUT2D eigenvalue weighted by Crippen LogP contribution is 2.30. The SMILES string of the molecule is CCC1CCC(C)N1C(=O)c1cc(C)ccc1O. The van der Waals surface area contributed by atoms with Crippen LogP contribution in [0.3, 0.4) is 0 Å². The maximum atomic E-state index is 12.6. The van der Waals surface area contributed by atoms with Crippen molar-refractivity contribution < 1.29 is 9.90 Å². The van der Waals surface area contributed by atoms with E-state index >= 15 is 0 Å². The van der Waals surface area contributed by atoms with Crippen molar-refractivity contribution in [1.29, 1.82) is 0 Å².